The number of hydrogen-bond acceptors (Lipinski definition) is 2. The van der Waals surface area contributed by atoms with Crippen LogP contribution in [0, 0.1) is 6.92 Å². The van der Waals surface area contributed by atoms with Gasteiger partial charge in [-0.05, 0) is 44.4 Å². The van der Waals surface area contributed by atoms with E-state index in [4.69, 9.17) is 0 Å². The van der Waals surface area contributed by atoms with Crippen molar-refractivity contribution in [1.82, 2.24) is 10.3 Å². The number of aromatic nitrogens is 1. The minimum Gasteiger partial charge on any atom is -0.348 e. The van der Waals surface area contributed by atoms with Crippen LogP contribution in [0.25, 0.3) is 0 Å². The molecule has 1 unspecified atom stereocenters. The van der Waals surface area contributed by atoms with Gasteiger partial charge in [0.05, 0.1) is 0 Å². The molecule has 0 bridgehead atoms. The van der Waals surface area contributed by atoms with Gasteiger partial charge in [0.15, 0.2) is 0 Å². The lowest BCUT2D eigenvalue weighted by Gasteiger charge is -2.13. The number of amides is 1. The molecule has 0 saturated carbocycles. The highest BCUT2D eigenvalue weighted by Gasteiger charge is 2.10. The molecule has 1 atom stereocenters. The Hall–Kier alpha value is -2.16. The minimum atomic E-state index is -0.103. The molecule has 1 aromatic heterocycles. The van der Waals surface area contributed by atoms with Gasteiger partial charge in [-0.25, -0.2) is 4.98 Å². The second-order valence-corrected chi connectivity index (χ2v) is 5.06. The van der Waals surface area contributed by atoms with Crippen molar-refractivity contribution in [3.8, 4) is 0 Å². The third kappa shape index (κ3) is 4.19. The fraction of sp³-hybridized carbons (Fsp3) is 0.294. The van der Waals surface area contributed by atoms with Gasteiger partial charge in [0.25, 0.3) is 5.91 Å². The maximum absolute atomic E-state index is 12.0. The highest BCUT2D eigenvalue weighted by Crippen LogP contribution is 2.05. The fourth-order valence-electron chi connectivity index (χ4n) is 2.07. The Kier molecular flexibility index (Phi) is 4.88. The van der Waals surface area contributed by atoms with E-state index in [1.54, 1.807) is 6.07 Å². The molecule has 0 fully saturated rings. The molecule has 2 aromatic rings. The average Bonchev–Trinajstić information content (AvgIpc) is 2.46. The number of pyridine rings is 1. The van der Waals surface area contributed by atoms with Crippen LogP contribution in [0.3, 0.4) is 0 Å². The van der Waals surface area contributed by atoms with Crippen LogP contribution in [0.15, 0.2) is 48.5 Å². The summed E-state index contributed by atoms with van der Waals surface area (Å²) >= 11 is 0. The molecule has 3 heteroatoms. The van der Waals surface area contributed by atoms with Gasteiger partial charge in [0.1, 0.15) is 5.69 Å². The van der Waals surface area contributed by atoms with Gasteiger partial charge in [-0.2, -0.15) is 0 Å². The first kappa shape index (κ1) is 14.3. The lowest BCUT2D eigenvalue weighted by Crippen LogP contribution is -2.33. The van der Waals surface area contributed by atoms with Gasteiger partial charge >= 0.3 is 0 Å². The Labute approximate surface area is 120 Å². The van der Waals surface area contributed by atoms with Gasteiger partial charge < -0.3 is 5.32 Å². The van der Waals surface area contributed by atoms with Crippen LogP contribution in [0.5, 0.6) is 0 Å². The van der Waals surface area contributed by atoms with Crippen molar-refractivity contribution in [3.05, 3.63) is 65.5 Å². The van der Waals surface area contributed by atoms with Crippen molar-refractivity contribution in [2.45, 2.75) is 32.7 Å². The average molecular weight is 268 g/mol. The van der Waals surface area contributed by atoms with E-state index in [2.05, 4.69) is 22.4 Å². The Morgan fingerprint density at radius 1 is 1.15 bits per heavy atom. The summed E-state index contributed by atoms with van der Waals surface area (Å²) in [7, 11) is 0. The number of rotatable bonds is 5. The zero-order chi connectivity index (χ0) is 14.4. The molecule has 1 aromatic carbocycles. The smallest absolute Gasteiger partial charge is 0.270 e. The number of hydrogen-bond donors (Lipinski definition) is 1. The molecular weight excluding hydrogens is 248 g/mol. The molecule has 1 N–H and O–H groups in total. The van der Waals surface area contributed by atoms with Gasteiger partial charge in [-0.1, -0.05) is 36.4 Å². The largest absolute Gasteiger partial charge is 0.348 e. The molecule has 3 nitrogen and oxygen atoms in total. The topological polar surface area (TPSA) is 42.0 Å². The lowest BCUT2D eigenvalue weighted by atomic mass is 10.1. The molecule has 1 heterocycles. The van der Waals surface area contributed by atoms with Crippen molar-refractivity contribution in [3.63, 3.8) is 0 Å². The normalized spacial score (nSPS) is 11.9. The van der Waals surface area contributed by atoms with Crippen LogP contribution < -0.4 is 5.32 Å². The van der Waals surface area contributed by atoms with Crippen molar-refractivity contribution in [2.75, 3.05) is 0 Å². The van der Waals surface area contributed by atoms with Gasteiger partial charge in [-0.3, -0.25) is 4.79 Å². The highest BCUT2D eigenvalue weighted by molar-refractivity contribution is 5.92. The first-order valence-corrected chi connectivity index (χ1v) is 6.93. The SMILES string of the molecule is Cc1cccc(C(=O)NC(C)CCc2ccccc2)n1. The van der Waals surface area contributed by atoms with Crippen LogP contribution >= 0.6 is 0 Å². The Bertz CT molecular complexity index is 566. The number of nitrogens with zero attached hydrogens (tertiary/aromatic N) is 1. The van der Waals surface area contributed by atoms with E-state index in [0.717, 1.165) is 18.5 Å². The summed E-state index contributed by atoms with van der Waals surface area (Å²) in [6.45, 7) is 3.91. The van der Waals surface area contributed by atoms with E-state index in [1.165, 1.54) is 5.56 Å². The lowest BCUT2D eigenvalue weighted by molar-refractivity contribution is 0.0933. The molecule has 1 amide bonds. The highest BCUT2D eigenvalue weighted by atomic mass is 16.1. The maximum atomic E-state index is 12.0. The number of nitrogens with one attached hydrogen (secondary N) is 1. The van der Waals surface area contributed by atoms with E-state index < -0.39 is 0 Å². The summed E-state index contributed by atoms with van der Waals surface area (Å²) in [5, 5.41) is 2.99. The molecule has 0 aliphatic heterocycles. The van der Waals surface area contributed by atoms with Crippen LogP contribution in [0.2, 0.25) is 0 Å². The third-order valence-electron chi connectivity index (χ3n) is 3.21. The van der Waals surface area contributed by atoms with E-state index in [9.17, 15) is 4.79 Å². The standard InChI is InChI=1S/C17H20N2O/c1-13-7-6-10-16(18-13)17(20)19-14(2)11-12-15-8-4-3-5-9-15/h3-10,14H,11-12H2,1-2H3,(H,19,20). The molecular formula is C17H20N2O. The fourth-order valence-corrected chi connectivity index (χ4v) is 2.07. The summed E-state index contributed by atoms with van der Waals surface area (Å²) in [6, 6.07) is 15.9. The second kappa shape index (κ2) is 6.85. The van der Waals surface area contributed by atoms with Gasteiger partial charge in [0.2, 0.25) is 0 Å². The summed E-state index contributed by atoms with van der Waals surface area (Å²) in [4.78, 5) is 16.3. The number of benzene rings is 1. The number of carbonyl (C=O) groups excluding carboxylic acids is 1. The van der Waals surface area contributed by atoms with Gasteiger partial charge in [-0.15, -0.1) is 0 Å². The van der Waals surface area contributed by atoms with E-state index >= 15 is 0 Å². The van der Waals surface area contributed by atoms with Crippen LogP contribution in [-0.4, -0.2) is 16.9 Å². The molecule has 104 valence electrons. The number of carbonyl (C=O) groups is 1. The summed E-state index contributed by atoms with van der Waals surface area (Å²) in [6.07, 6.45) is 1.88. The predicted molar refractivity (Wildman–Crippen MR) is 80.7 cm³/mol. The minimum absolute atomic E-state index is 0.103. The maximum Gasteiger partial charge on any atom is 0.270 e. The second-order valence-electron chi connectivity index (χ2n) is 5.06. The first-order chi connectivity index (χ1) is 9.65. The molecule has 0 saturated heterocycles. The van der Waals surface area contributed by atoms with E-state index in [-0.39, 0.29) is 11.9 Å². The third-order valence-corrected chi connectivity index (χ3v) is 3.21. The molecule has 20 heavy (non-hydrogen) atoms. The van der Waals surface area contributed by atoms with Crippen LogP contribution in [0.1, 0.15) is 35.1 Å². The summed E-state index contributed by atoms with van der Waals surface area (Å²) in [5.74, 6) is -0.103. The van der Waals surface area contributed by atoms with E-state index in [1.807, 2.05) is 44.2 Å². The van der Waals surface area contributed by atoms with Crippen molar-refractivity contribution in [1.29, 1.82) is 0 Å². The Balaban J connectivity index is 1.85. The molecule has 0 radical (unpaired) electrons. The van der Waals surface area contributed by atoms with Crippen LogP contribution in [-0.2, 0) is 6.42 Å². The zero-order valence-corrected chi connectivity index (χ0v) is 12.0. The van der Waals surface area contributed by atoms with Gasteiger partial charge in [0, 0.05) is 11.7 Å². The summed E-state index contributed by atoms with van der Waals surface area (Å²) < 4.78 is 0. The van der Waals surface area contributed by atoms with Crippen molar-refractivity contribution >= 4 is 5.91 Å². The molecule has 0 aliphatic carbocycles. The van der Waals surface area contributed by atoms with Crippen molar-refractivity contribution < 1.29 is 4.79 Å². The quantitative estimate of drug-likeness (QED) is 0.905. The summed E-state index contributed by atoms with van der Waals surface area (Å²) in [5.41, 5.74) is 2.63. The van der Waals surface area contributed by atoms with Crippen molar-refractivity contribution in [2.24, 2.45) is 0 Å². The Morgan fingerprint density at radius 2 is 1.90 bits per heavy atom. The predicted octanol–water partition coefficient (Wildman–Crippen LogP) is 3.14. The number of aryl methyl sites for hydroxylation is 2. The first-order valence-electron chi connectivity index (χ1n) is 6.93. The van der Waals surface area contributed by atoms with Crippen LogP contribution in [0.4, 0.5) is 0 Å². The Morgan fingerprint density at radius 3 is 2.60 bits per heavy atom. The monoisotopic (exact) mass is 268 g/mol. The zero-order valence-electron chi connectivity index (χ0n) is 12.0. The van der Waals surface area contributed by atoms with E-state index in [0.29, 0.717) is 5.69 Å². The molecule has 2 rings (SSSR count). The molecule has 0 spiro atoms. The molecule has 0 aliphatic rings.